The number of amides is 1. The number of hydrogen-bond donors (Lipinski definition) is 3. The molecule has 23 heavy (non-hydrogen) atoms. The molecule has 0 unspecified atom stereocenters. The van der Waals surface area contributed by atoms with Crippen LogP contribution < -0.4 is 15.8 Å². The van der Waals surface area contributed by atoms with Crippen molar-refractivity contribution >= 4 is 11.9 Å². The van der Waals surface area contributed by atoms with E-state index in [9.17, 15) is 4.79 Å². The van der Waals surface area contributed by atoms with Gasteiger partial charge in [0.1, 0.15) is 5.75 Å². The Hall–Kier alpha value is -2.82. The second kappa shape index (κ2) is 6.96. The van der Waals surface area contributed by atoms with E-state index in [0.29, 0.717) is 0 Å². The Morgan fingerprint density at radius 3 is 2.65 bits per heavy atom. The van der Waals surface area contributed by atoms with E-state index in [1.807, 2.05) is 50.2 Å². The second-order valence-electron chi connectivity index (χ2n) is 5.40. The highest BCUT2D eigenvalue weighted by Crippen LogP contribution is 2.30. The first kappa shape index (κ1) is 16.5. The Morgan fingerprint density at radius 2 is 2.00 bits per heavy atom. The molecule has 120 valence electrons. The number of ether oxygens (including phenoxy) is 1. The maximum atomic E-state index is 11.9. The van der Waals surface area contributed by atoms with E-state index in [2.05, 4.69) is 5.32 Å². The van der Waals surface area contributed by atoms with E-state index in [1.165, 1.54) is 0 Å². The summed E-state index contributed by atoms with van der Waals surface area (Å²) in [6, 6.07) is 11.9. The summed E-state index contributed by atoms with van der Waals surface area (Å²) in [6.07, 6.45) is 0.190. The molecule has 1 amide bonds. The molecule has 2 aromatic carbocycles. The molecule has 0 aliphatic heterocycles. The zero-order valence-electron chi connectivity index (χ0n) is 13.6. The van der Waals surface area contributed by atoms with Crippen molar-refractivity contribution in [1.29, 1.82) is 5.41 Å². The molecule has 0 aromatic heterocycles. The number of carbonyl (C=O) groups is 1. The summed E-state index contributed by atoms with van der Waals surface area (Å²) < 4.78 is 5.28. The van der Waals surface area contributed by atoms with E-state index in [-0.39, 0.29) is 18.3 Å². The molecule has 0 heterocycles. The van der Waals surface area contributed by atoms with Gasteiger partial charge in [0.25, 0.3) is 0 Å². The summed E-state index contributed by atoms with van der Waals surface area (Å²) in [5, 5.41) is 9.48. The van der Waals surface area contributed by atoms with Crippen molar-refractivity contribution in [2.45, 2.75) is 20.3 Å². The van der Waals surface area contributed by atoms with Crippen LogP contribution in [0, 0.1) is 19.3 Å². The molecule has 0 aliphatic rings. The molecular formula is C18H21N3O2. The fourth-order valence-electron chi connectivity index (χ4n) is 2.62. The Labute approximate surface area is 136 Å². The number of hydrogen-bond acceptors (Lipinski definition) is 3. The van der Waals surface area contributed by atoms with Crippen molar-refractivity contribution in [3.05, 3.63) is 53.1 Å². The number of aryl methyl sites for hydroxylation is 1. The van der Waals surface area contributed by atoms with Crippen LogP contribution in [0.4, 0.5) is 0 Å². The van der Waals surface area contributed by atoms with Crippen LogP contribution in [0.15, 0.2) is 36.4 Å². The van der Waals surface area contributed by atoms with Crippen molar-refractivity contribution in [3.63, 3.8) is 0 Å². The maximum absolute atomic E-state index is 11.9. The summed E-state index contributed by atoms with van der Waals surface area (Å²) in [4.78, 5) is 11.9. The van der Waals surface area contributed by atoms with E-state index in [0.717, 1.165) is 33.6 Å². The highest BCUT2D eigenvalue weighted by molar-refractivity contribution is 5.96. The highest BCUT2D eigenvalue weighted by atomic mass is 16.5. The van der Waals surface area contributed by atoms with Crippen LogP contribution in [0.5, 0.6) is 5.75 Å². The summed E-state index contributed by atoms with van der Waals surface area (Å²) >= 11 is 0. The lowest BCUT2D eigenvalue weighted by molar-refractivity contribution is -0.119. The zero-order valence-corrected chi connectivity index (χ0v) is 13.6. The number of nitrogens with two attached hydrogens (primary N) is 1. The van der Waals surface area contributed by atoms with Crippen LogP contribution in [0.1, 0.15) is 16.7 Å². The monoisotopic (exact) mass is 311 g/mol. The average molecular weight is 311 g/mol. The fourth-order valence-corrected chi connectivity index (χ4v) is 2.62. The number of methoxy groups -OCH3 is 1. The first-order valence-corrected chi connectivity index (χ1v) is 7.29. The molecular weight excluding hydrogens is 290 g/mol. The molecule has 0 saturated carbocycles. The van der Waals surface area contributed by atoms with Crippen molar-refractivity contribution in [3.8, 4) is 16.9 Å². The van der Waals surface area contributed by atoms with Crippen LogP contribution in [0.2, 0.25) is 0 Å². The van der Waals surface area contributed by atoms with Gasteiger partial charge in [0, 0.05) is 0 Å². The number of carbonyl (C=O) groups excluding carboxylic acids is 1. The predicted molar refractivity (Wildman–Crippen MR) is 91.7 cm³/mol. The van der Waals surface area contributed by atoms with E-state index < -0.39 is 0 Å². The van der Waals surface area contributed by atoms with Crippen LogP contribution in [0.25, 0.3) is 11.1 Å². The number of benzene rings is 2. The quantitative estimate of drug-likeness (QED) is 0.599. The van der Waals surface area contributed by atoms with Gasteiger partial charge in [-0.05, 0) is 53.8 Å². The normalized spacial score (nSPS) is 10.2. The lowest BCUT2D eigenvalue weighted by Crippen LogP contribution is -2.36. The van der Waals surface area contributed by atoms with Gasteiger partial charge in [-0.25, -0.2) is 0 Å². The minimum Gasteiger partial charge on any atom is -0.497 e. The molecule has 0 saturated heterocycles. The molecule has 4 N–H and O–H groups in total. The van der Waals surface area contributed by atoms with Gasteiger partial charge in [0.2, 0.25) is 5.91 Å². The first-order chi connectivity index (χ1) is 10.9. The van der Waals surface area contributed by atoms with Crippen molar-refractivity contribution in [2.24, 2.45) is 5.73 Å². The smallest absolute Gasteiger partial charge is 0.231 e. The van der Waals surface area contributed by atoms with Crippen LogP contribution in [0.3, 0.4) is 0 Å². The Kier molecular flexibility index (Phi) is 5.01. The van der Waals surface area contributed by atoms with Crippen LogP contribution in [-0.4, -0.2) is 19.0 Å². The lowest BCUT2D eigenvalue weighted by Gasteiger charge is -2.15. The van der Waals surface area contributed by atoms with Gasteiger partial charge in [-0.2, -0.15) is 0 Å². The molecule has 0 radical (unpaired) electrons. The number of rotatable bonds is 4. The third kappa shape index (κ3) is 3.88. The Balaban J connectivity index is 2.41. The zero-order chi connectivity index (χ0) is 17.0. The van der Waals surface area contributed by atoms with Gasteiger partial charge in [0.05, 0.1) is 13.5 Å². The van der Waals surface area contributed by atoms with Gasteiger partial charge >= 0.3 is 0 Å². The molecule has 0 atom stereocenters. The summed E-state index contributed by atoms with van der Waals surface area (Å²) in [7, 11) is 1.64. The summed E-state index contributed by atoms with van der Waals surface area (Å²) in [5.74, 6) is 0.166. The minimum absolute atomic E-state index is 0.190. The molecule has 2 aromatic rings. The van der Waals surface area contributed by atoms with E-state index in [4.69, 9.17) is 15.9 Å². The predicted octanol–water partition coefficient (Wildman–Crippen LogP) is 2.53. The summed E-state index contributed by atoms with van der Waals surface area (Å²) in [5.41, 5.74) is 10.3. The third-order valence-electron chi connectivity index (χ3n) is 3.82. The van der Waals surface area contributed by atoms with E-state index in [1.54, 1.807) is 7.11 Å². The van der Waals surface area contributed by atoms with Crippen molar-refractivity contribution in [2.75, 3.05) is 7.11 Å². The second-order valence-corrected chi connectivity index (χ2v) is 5.40. The van der Waals surface area contributed by atoms with Crippen LogP contribution >= 0.6 is 0 Å². The molecule has 0 bridgehead atoms. The third-order valence-corrected chi connectivity index (χ3v) is 3.82. The molecule has 5 nitrogen and oxygen atoms in total. The minimum atomic E-state index is -0.339. The molecule has 2 rings (SSSR count). The van der Waals surface area contributed by atoms with Gasteiger partial charge < -0.3 is 10.5 Å². The standard InChI is InChI=1S/C18H21N3O2/c1-11-7-8-15(13-5-4-6-14(9-13)23-3)12(2)16(11)10-17(22)21-18(19)20/h4-9H,10H2,1-3H3,(H4,19,20,21,22). The van der Waals surface area contributed by atoms with Gasteiger partial charge in [-0.1, -0.05) is 24.3 Å². The molecule has 0 aliphatic carbocycles. The van der Waals surface area contributed by atoms with Crippen molar-refractivity contribution < 1.29 is 9.53 Å². The Morgan fingerprint density at radius 1 is 1.26 bits per heavy atom. The molecule has 5 heteroatoms. The van der Waals surface area contributed by atoms with Crippen molar-refractivity contribution in [1.82, 2.24) is 5.32 Å². The SMILES string of the molecule is COc1cccc(-c2ccc(C)c(CC(=O)NC(=N)N)c2C)c1. The van der Waals surface area contributed by atoms with Gasteiger partial charge in [-0.3, -0.25) is 15.5 Å². The maximum Gasteiger partial charge on any atom is 0.231 e. The molecule has 0 fully saturated rings. The molecule has 0 spiro atoms. The largest absolute Gasteiger partial charge is 0.497 e. The Bertz CT molecular complexity index is 754. The van der Waals surface area contributed by atoms with Crippen LogP contribution in [-0.2, 0) is 11.2 Å². The lowest BCUT2D eigenvalue weighted by atomic mass is 9.91. The number of guanidine groups is 1. The van der Waals surface area contributed by atoms with Gasteiger partial charge in [0.15, 0.2) is 5.96 Å². The first-order valence-electron chi connectivity index (χ1n) is 7.29. The number of nitrogens with one attached hydrogen (secondary N) is 2. The van der Waals surface area contributed by atoms with Gasteiger partial charge in [-0.15, -0.1) is 0 Å². The fraction of sp³-hybridized carbons (Fsp3) is 0.222. The van der Waals surface area contributed by atoms with E-state index >= 15 is 0 Å². The topological polar surface area (TPSA) is 88.2 Å². The average Bonchev–Trinajstić information content (AvgIpc) is 2.51. The highest BCUT2D eigenvalue weighted by Gasteiger charge is 2.13. The summed E-state index contributed by atoms with van der Waals surface area (Å²) in [6.45, 7) is 3.97.